The fourth-order valence-electron chi connectivity index (χ4n) is 1.77. The van der Waals surface area contributed by atoms with E-state index in [1.807, 2.05) is 0 Å². The van der Waals surface area contributed by atoms with Crippen molar-refractivity contribution in [2.75, 3.05) is 20.8 Å². The molecule has 1 aromatic carbocycles. The molecule has 0 aromatic heterocycles. The summed E-state index contributed by atoms with van der Waals surface area (Å²) in [4.78, 5) is 12.1. The van der Waals surface area contributed by atoms with E-state index in [2.05, 4.69) is 5.32 Å². The van der Waals surface area contributed by atoms with Crippen LogP contribution in [0.2, 0.25) is 0 Å². The number of amides is 1. The molecule has 0 bridgehead atoms. The van der Waals surface area contributed by atoms with Crippen LogP contribution in [0.25, 0.3) is 0 Å². The summed E-state index contributed by atoms with van der Waals surface area (Å²) in [6, 6.07) is 5.04. The van der Waals surface area contributed by atoms with Crippen LogP contribution in [-0.4, -0.2) is 37.4 Å². The molecule has 0 spiro atoms. The van der Waals surface area contributed by atoms with Gasteiger partial charge in [0.25, 0.3) is 5.91 Å². The van der Waals surface area contributed by atoms with Crippen LogP contribution in [0.4, 0.5) is 0 Å². The van der Waals surface area contributed by atoms with Crippen molar-refractivity contribution < 1.29 is 19.4 Å². The van der Waals surface area contributed by atoms with Crippen LogP contribution in [0.3, 0.4) is 0 Å². The second-order valence-electron chi connectivity index (χ2n) is 4.46. The second kappa shape index (κ2) is 4.86. The lowest BCUT2D eigenvalue weighted by molar-refractivity contribution is 0.0903. The molecule has 1 aromatic rings. The first-order valence-corrected chi connectivity index (χ1v) is 5.79. The first-order valence-electron chi connectivity index (χ1n) is 5.79. The Morgan fingerprint density at radius 2 is 2.11 bits per heavy atom. The highest BCUT2D eigenvalue weighted by atomic mass is 16.5. The van der Waals surface area contributed by atoms with Gasteiger partial charge in [-0.3, -0.25) is 4.79 Å². The molecule has 1 aliphatic carbocycles. The van der Waals surface area contributed by atoms with Crippen LogP contribution in [0.15, 0.2) is 18.2 Å². The Hall–Kier alpha value is -1.75. The van der Waals surface area contributed by atoms with Crippen LogP contribution in [0.5, 0.6) is 11.5 Å². The molecule has 18 heavy (non-hydrogen) atoms. The number of hydrogen-bond acceptors (Lipinski definition) is 4. The average Bonchev–Trinajstić information content (AvgIpc) is 3.18. The maximum Gasteiger partial charge on any atom is 0.255 e. The van der Waals surface area contributed by atoms with Gasteiger partial charge in [-0.1, -0.05) is 0 Å². The van der Waals surface area contributed by atoms with Crippen LogP contribution in [0, 0.1) is 0 Å². The van der Waals surface area contributed by atoms with Crippen molar-refractivity contribution in [1.29, 1.82) is 0 Å². The third-order valence-corrected chi connectivity index (χ3v) is 3.19. The number of aliphatic hydroxyl groups is 1. The Morgan fingerprint density at radius 3 is 2.61 bits per heavy atom. The Kier molecular flexibility index (Phi) is 3.43. The first kappa shape index (κ1) is 12.7. The molecular weight excluding hydrogens is 234 g/mol. The van der Waals surface area contributed by atoms with Crippen molar-refractivity contribution in [1.82, 2.24) is 5.32 Å². The van der Waals surface area contributed by atoms with E-state index in [1.165, 1.54) is 7.11 Å². The van der Waals surface area contributed by atoms with Crippen molar-refractivity contribution in [2.24, 2.45) is 0 Å². The second-order valence-corrected chi connectivity index (χ2v) is 4.46. The number of aliphatic hydroxyl groups excluding tert-OH is 1. The molecule has 0 heterocycles. The van der Waals surface area contributed by atoms with E-state index < -0.39 is 5.54 Å². The lowest BCUT2D eigenvalue weighted by Gasteiger charge is -2.16. The predicted octanol–water partition coefficient (Wildman–Crippen LogP) is 0.958. The van der Waals surface area contributed by atoms with Crippen molar-refractivity contribution in [3.8, 4) is 11.5 Å². The van der Waals surface area contributed by atoms with E-state index in [0.717, 1.165) is 12.8 Å². The van der Waals surface area contributed by atoms with Crippen LogP contribution >= 0.6 is 0 Å². The molecule has 2 rings (SSSR count). The van der Waals surface area contributed by atoms with Gasteiger partial charge < -0.3 is 19.9 Å². The predicted molar refractivity (Wildman–Crippen MR) is 66.1 cm³/mol. The number of hydrogen-bond donors (Lipinski definition) is 2. The summed E-state index contributed by atoms with van der Waals surface area (Å²) in [6.07, 6.45) is 1.61. The van der Waals surface area contributed by atoms with E-state index in [4.69, 9.17) is 9.47 Å². The molecule has 0 aliphatic heterocycles. The normalized spacial score (nSPS) is 15.9. The fraction of sp³-hybridized carbons (Fsp3) is 0.462. The average molecular weight is 251 g/mol. The van der Waals surface area contributed by atoms with Crippen molar-refractivity contribution >= 4 is 5.91 Å². The minimum Gasteiger partial charge on any atom is -0.497 e. The smallest absolute Gasteiger partial charge is 0.255 e. The molecule has 0 radical (unpaired) electrons. The van der Waals surface area contributed by atoms with Gasteiger partial charge in [-0.15, -0.1) is 0 Å². The van der Waals surface area contributed by atoms with Crippen LogP contribution in [0.1, 0.15) is 23.2 Å². The maximum absolute atomic E-state index is 12.1. The third-order valence-electron chi connectivity index (χ3n) is 3.19. The van der Waals surface area contributed by atoms with E-state index in [9.17, 15) is 9.90 Å². The largest absolute Gasteiger partial charge is 0.497 e. The zero-order valence-corrected chi connectivity index (χ0v) is 10.5. The summed E-state index contributed by atoms with van der Waals surface area (Å²) in [5, 5.41) is 12.0. The highest BCUT2D eigenvalue weighted by Gasteiger charge is 2.43. The van der Waals surface area contributed by atoms with E-state index in [-0.39, 0.29) is 12.5 Å². The standard InChI is InChI=1S/C13H17NO4/c1-17-9-3-4-11(18-2)10(7-9)12(16)14-13(8-15)5-6-13/h3-4,7,15H,5-6,8H2,1-2H3,(H,14,16). The molecule has 0 atom stereocenters. The number of carbonyl (C=O) groups is 1. The summed E-state index contributed by atoms with van der Waals surface area (Å²) in [6.45, 7) is -0.0367. The van der Waals surface area contributed by atoms with Gasteiger partial charge in [0, 0.05) is 0 Å². The summed E-state index contributed by atoms with van der Waals surface area (Å²) >= 11 is 0. The zero-order chi connectivity index (χ0) is 13.2. The Morgan fingerprint density at radius 1 is 1.39 bits per heavy atom. The third kappa shape index (κ3) is 2.41. The molecule has 1 aliphatic rings. The maximum atomic E-state index is 12.1. The zero-order valence-electron chi connectivity index (χ0n) is 10.5. The SMILES string of the molecule is COc1ccc(OC)c(C(=O)NC2(CO)CC2)c1. The van der Waals surface area contributed by atoms with E-state index in [0.29, 0.717) is 17.1 Å². The van der Waals surface area contributed by atoms with Crippen LogP contribution in [-0.2, 0) is 0 Å². The molecule has 2 N–H and O–H groups in total. The number of carbonyl (C=O) groups excluding carboxylic acids is 1. The van der Waals surface area contributed by atoms with Gasteiger partial charge in [-0.05, 0) is 31.0 Å². The molecule has 0 unspecified atom stereocenters. The summed E-state index contributed by atoms with van der Waals surface area (Å²) < 4.78 is 10.2. The Labute approximate surface area is 106 Å². The van der Waals surface area contributed by atoms with Gasteiger partial charge in [0.15, 0.2) is 0 Å². The van der Waals surface area contributed by atoms with Crippen molar-refractivity contribution in [3.05, 3.63) is 23.8 Å². The quantitative estimate of drug-likeness (QED) is 0.818. The topological polar surface area (TPSA) is 67.8 Å². The molecule has 1 saturated carbocycles. The van der Waals surface area contributed by atoms with Gasteiger partial charge in [0.05, 0.1) is 31.9 Å². The van der Waals surface area contributed by atoms with Gasteiger partial charge in [0.1, 0.15) is 11.5 Å². The van der Waals surface area contributed by atoms with Gasteiger partial charge in [0.2, 0.25) is 0 Å². The van der Waals surface area contributed by atoms with Gasteiger partial charge in [-0.2, -0.15) is 0 Å². The molecule has 0 saturated heterocycles. The number of ether oxygens (including phenoxy) is 2. The summed E-state index contributed by atoms with van der Waals surface area (Å²) in [5.74, 6) is 0.828. The van der Waals surface area contributed by atoms with E-state index >= 15 is 0 Å². The highest BCUT2D eigenvalue weighted by Crippen LogP contribution is 2.35. The summed E-state index contributed by atoms with van der Waals surface area (Å²) in [5.41, 5.74) is -0.0258. The highest BCUT2D eigenvalue weighted by molar-refractivity contribution is 5.98. The van der Waals surface area contributed by atoms with Crippen molar-refractivity contribution in [2.45, 2.75) is 18.4 Å². The Bertz CT molecular complexity index is 454. The number of methoxy groups -OCH3 is 2. The van der Waals surface area contributed by atoms with Crippen LogP contribution < -0.4 is 14.8 Å². The molecular formula is C13H17NO4. The summed E-state index contributed by atoms with van der Waals surface area (Å²) in [7, 11) is 3.05. The lowest BCUT2D eigenvalue weighted by Crippen LogP contribution is -2.39. The minimum atomic E-state index is -0.439. The number of nitrogens with one attached hydrogen (secondary N) is 1. The van der Waals surface area contributed by atoms with Crippen molar-refractivity contribution in [3.63, 3.8) is 0 Å². The van der Waals surface area contributed by atoms with E-state index in [1.54, 1.807) is 25.3 Å². The lowest BCUT2D eigenvalue weighted by atomic mass is 10.1. The number of rotatable bonds is 5. The molecule has 5 heteroatoms. The first-order chi connectivity index (χ1) is 8.64. The van der Waals surface area contributed by atoms with Gasteiger partial charge in [-0.25, -0.2) is 0 Å². The Balaban J connectivity index is 2.22. The molecule has 1 fully saturated rings. The molecule has 5 nitrogen and oxygen atoms in total. The molecule has 98 valence electrons. The number of benzene rings is 1. The molecule has 1 amide bonds. The minimum absolute atomic E-state index is 0.0367. The van der Waals surface area contributed by atoms with Gasteiger partial charge >= 0.3 is 0 Å². The fourth-order valence-corrected chi connectivity index (χ4v) is 1.77. The monoisotopic (exact) mass is 251 g/mol.